The second-order valence-electron chi connectivity index (χ2n) is 8.29. The molecule has 0 saturated carbocycles. The first-order chi connectivity index (χ1) is 17.1. The van der Waals surface area contributed by atoms with E-state index in [2.05, 4.69) is 25.2 Å². The van der Waals surface area contributed by atoms with Crippen molar-refractivity contribution in [2.75, 3.05) is 37.7 Å². The Morgan fingerprint density at radius 2 is 1.89 bits per heavy atom. The number of alkyl halides is 3. The van der Waals surface area contributed by atoms with E-state index in [1.807, 2.05) is 6.92 Å². The van der Waals surface area contributed by atoms with E-state index in [9.17, 15) is 18.0 Å². The molecule has 2 aliphatic heterocycles. The van der Waals surface area contributed by atoms with Gasteiger partial charge in [-0.2, -0.15) is 13.2 Å². The van der Waals surface area contributed by atoms with Crippen LogP contribution in [0.5, 0.6) is 0 Å². The molecule has 0 aliphatic carbocycles. The van der Waals surface area contributed by atoms with Gasteiger partial charge in [-0.3, -0.25) is 4.79 Å². The highest BCUT2D eigenvalue weighted by Gasteiger charge is 2.38. The Labute approximate surface area is 202 Å². The van der Waals surface area contributed by atoms with Crippen LogP contribution in [0.1, 0.15) is 29.2 Å². The van der Waals surface area contributed by atoms with Gasteiger partial charge in [0.25, 0.3) is 5.91 Å². The van der Waals surface area contributed by atoms with Gasteiger partial charge < -0.3 is 24.1 Å². The smallest absolute Gasteiger partial charge is 0.475 e. The topological polar surface area (TPSA) is 140 Å². The van der Waals surface area contributed by atoms with Crippen molar-refractivity contribution in [1.82, 2.24) is 29.9 Å². The molecule has 0 radical (unpaired) electrons. The second-order valence-corrected chi connectivity index (χ2v) is 8.29. The summed E-state index contributed by atoms with van der Waals surface area (Å²) in [6.07, 6.45) is -1.39. The van der Waals surface area contributed by atoms with Gasteiger partial charge in [0.2, 0.25) is 0 Å². The van der Waals surface area contributed by atoms with Crippen LogP contribution >= 0.6 is 0 Å². The molecule has 0 spiro atoms. The molecule has 3 aromatic rings. The number of amides is 1. The number of halogens is 3. The van der Waals surface area contributed by atoms with Gasteiger partial charge >= 0.3 is 12.1 Å². The van der Waals surface area contributed by atoms with Gasteiger partial charge in [-0.15, -0.1) is 5.10 Å². The summed E-state index contributed by atoms with van der Waals surface area (Å²) in [5, 5.41) is 15.7. The molecule has 5 heterocycles. The van der Waals surface area contributed by atoms with Crippen molar-refractivity contribution in [3.63, 3.8) is 0 Å². The van der Waals surface area contributed by atoms with E-state index in [1.165, 1.54) is 0 Å². The molecular formula is C21H24F3N7O5. The SMILES string of the molecule is Cc1ccc(C(=O)N2CCOC(Cn3nnc4c(N5CCCC5)ncnc43)C2)o1.O=C(O)C(F)(F)F. The molecule has 2 fully saturated rings. The van der Waals surface area contributed by atoms with E-state index in [1.54, 1.807) is 28.0 Å². The van der Waals surface area contributed by atoms with Crippen LogP contribution in [0.2, 0.25) is 0 Å². The number of fused-ring (bicyclic) bond motifs is 1. The van der Waals surface area contributed by atoms with Crippen LogP contribution in [-0.2, 0) is 16.1 Å². The maximum atomic E-state index is 12.7. The summed E-state index contributed by atoms with van der Waals surface area (Å²) in [4.78, 5) is 34.4. The lowest BCUT2D eigenvalue weighted by Crippen LogP contribution is -2.47. The van der Waals surface area contributed by atoms with E-state index in [4.69, 9.17) is 19.1 Å². The largest absolute Gasteiger partial charge is 0.490 e. The summed E-state index contributed by atoms with van der Waals surface area (Å²) >= 11 is 0. The van der Waals surface area contributed by atoms with E-state index in [0.29, 0.717) is 43.2 Å². The van der Waals surface area contributed by atoms with E-state index in [-0.39, 0.29) is 12.0 Å². The van der Waals surface area contributed by atoms with Gasteiger partial charge in [0.1, 0.15) is 12.1 Å². The fourth-order valence-corrected chi connectivity index (χ4v) is 3.98. The third kappa shape index (κ3) is 5.72. The molecule has 15 heteroatoms. The molecular weight excluding hydrogens is 487 g/mol. The van der Waals surface area contributed by atoms with E-state index in [0.717, 1.165) is 37.5 Å². The highest BCUT2D eigenvalue weighted by atomic mass is 19.4. The minimum atomic E-state index is -5.08. The monoisotopic (exact) mass is 511 g/mol. The van der Waals surface area contributed by atoms with Gasteiger partial charge in [-0.25, -0.2) is 19.4 Å². The molecule has 2 aliphatic rings. The summed E-state index contributed by atoms with van der Waals surface area (Å²) in [6, 6.07) is 3.51. The highest BCUT2D eigenvalue weighted by molar-refractivity contribution is 5.91. The Hall–Kier alpha value is -3.75. The zero-order valence-electron chi connectivity index (χ0n) is 19.3. The summed E-state index contributed by atoms with van der Waals surface area (Å²) in [6.45, 7) is 5.72. The molecule has 1 amide bonds. The van der Waals surface area contributed by atoms with Crippen LogP contribution in [0.4, 0.5) is 19.0 Å². The van der Waals surface area contributed by atoms with E-state index < -0.39 is 12.1 Å². The molecule has 1 N–H and O–H groups in total. The Bertz CT molecular complexity index is 1220. The van der Waals surface area contributed by atoms with Gasteiger partial charge in [-0.05, 0) is 31.9 Å². The maximum Gasteiger partial charge on any atom is 0.490 e. The number of carboxylic acids is 1. The molecule has 12 nitrogen and oxygen atoms in total. The number of morpholine rings is 1. The van der Waals surface area contributed by atoms with Crippen LogP contribution in [0.25, 0.3) is 11.2 Å². The Morgan fingerprint density at radius 3 is 2.53 bits per heavy atom. The number of carbonyl (C=O) groups excluding carboxylic acids is 1. The van der Waals surface area contributed by atoms with Gasteiger partial charge in [0.15, 0.2) is 22.7 Å². The quantitative estimate of drug-likeness (QED) is 0.552. The number of anilines is 1. The van der Waals surface area contributed by atoms with Crippen LogP contribution in [-0.4, -0.2) is 91.9 Å². The summed E-state index contributed by atoms with van der Waals surface area (Å²) in [5.41, 5.74) is 1.40. The lowest BCUT2D eigenvalue weighted by atomic mass is 10.2. The average molecular weight is 511 g/mol. The maximum absolute atomic E-state index is 12.7. The van der Waals surface area contributed by atoms with Crippen LogP contribution in [0, 0.1) is 6.92 Å². The van der Waals surface area contributed by atoms with Crippen molar-refractivity contribution in [3.05, 3.63) is 30.0 Å². The molecule has 1 unspecified atom stereocenters. The number of aliphatic carboxylic acids is 1. The highest BCUT2D eigenvalue weighted by Crippen LogP contribution is 2.24. The molecule has 3 aromatic heterocycles. The first-order valence-corrected chi connectivity index (χ1v) is 11.2. The number of furan rings is 1. The lowest BCUT2D eigenvalue weighted by Gasteiger charge is -2.32. The van der Waals surface area contributed by atoms with Crippen molar-refractivity contribution in [2.45, 2.75) is 38.6 Å². The zero-order valence-corrected chi connectivity index (χ0v) is 19.3. The fraction of sp³-hybridized carbons (Fsp3) is 0.524. The van der Waals surface area contributed by atoms with Crippen LogP contribution in [0.15, 0.2) is 22.9 Å². The number of ether oxygens (including phenoxy) is 1. The Balaban J connectivity index is 0.000000384. The molecule has 194 valence electrons. The minimum Gasteiger partial charge on any atom is -0.475 e. The Kier molecular flexibility index (Phi) is 7.37. The molecule has 1 atom stereocenters. The summed E-state index contributed by atoms with van der Waals surface area (Å²) in [7, 11) is 0. The third-order valence-corrected chi connectivity index (χ3v) is 5.68. The molecule has 5 rings (SSSR count). The predicted molar refractivity (Wildman–Crippen MR) is 117 cm³/mol. The number of hydrogen-bond donors (Lipinski definition) is 1. The third-order valence-electron chi connectivity index (χ3n) is 5.68. The number of carbonyl (C=O) groups is 2. The first-order valence-electron chi connectivity index (χ1n) is 11.2. The van der Waals surface area contributed by atoms with Crippen molar-refractivity contribution < 1.29 is 37.0 Å². The second kappa shape index (κ2) is 10.5. The normalized spacial score (nSPS) is 18.3. The fourth-order valence-electron chi connectivity index (χ4n) is 3.98. The average Bonchev–Trinajstić information content (AvgIpc) is 3.60. The minimum absolute atomic E-state index is 0.117. The van der Waals surface area contributed by atoms with Crippen molar-refractivity contribution >= 4 is 28.9 Å². The predicted octanol–water partition coefficient (Wildman–Crippen LogP) is 1.90. The number of carboxylic acid groups (broad SMARTS) is 1. The lowest BCUT2D eigenvalue weighted by molar-refractivity contribution is -0.192. The standard InChI is InChI=1S/C19H23N7O3.C2HF3O2/c1-13-4-5-15(29-13)19(27)25-8-9-28-14(10-25)11-26-18-16(22-23-26)17(20-12-21-18)24-6-2-3-7-24;3-2(4,5)1(6)7/h4-5,12,14H,2-3,6-11H2,1H3;(H,6,7). The van der Waals surface area contributed by atoms with E-state index >= 15 is 0 Å². The molecule has 36 heavy (non-hydrogen) atoms. The van der Waals surface area contributed by atoms with Gasteiger partial charge in [0, 0.05) is 26.2 Å². The molecule has 0 bridgehead atoms. The number of rotatable bonds is 4. The number of aromatic nitrogens is 5. The molecule has 2 saturated heterocycles. The van der Waals surface area contributed by atoms with Crippen molar-refractivity contribution in [1.29, 1.82) is 0 Å². The van der Waals surface area contributed by atoms with Crippen LogP contribution < -0.4 is 4.90 Å². The Morgan fingerprint density at radius 1 is 1.17 bits per heavy atom. The summed E-state index contributed by atoms with van der Waals surface area (Å²) in [5.74, 6) is -0.951. The van der Waals surface area contributed by atoms with Crippen molar-refractivity contribution in [3.8, 4) is 0 Å². The molecule has 0 aromatic carbocycles. The zero-order chi connectivity index (χ0) is 25.9. The summed E-state index contributed by atoms with van der Waals surface area (Å²) < 4.78 is 44.8. The number of hydrogen-bond acceptors (Lipinski definition) is 9. The van der Waals surface area contributed by atoms with Gasteiger partial charge in [-0.1, -0.05) is 5.21 Å². The van der Waals surface area contributed by atoms with Crippen molar-refractivity contribution in [2.24, 2.45) is 0 Å². The van der Waals surface area contributed by atoms with Crippen LogP contribution in [0.3, 0.4) is 0 Å². The first kappa shape index (κ1) is 25.3. The number of nitrogens with zero attached hydrogens (tertiary/aromatic N) is 7. The van der Waals surface area contributed by atoms with Gasteiger partial charge in [0.05, 0.1) is 19.3 Å². The number of aryl methyl sites for hydroxylation is 1.